The lowest BCUT2D eigenvalue weighted by molar-refractivity contribution is 0.537. The monoisotopic (exact) mass is 168 g/mol. The van der Waals surface area contributed by atoms with Crippen molar-refractivity contribution in [2.75, 3.05) is 0 Å². The van der Waals surface area contributed by atoms with E-state index in [1.54, 1.807) is 0 Å². The van der Waals surface area contributed by atoms with Crippen LogP contribution in [-0.4, -0.2) is 21.3 Å². The summed E-state index contributed by atoms with van der Waals surface area (Å²) in [6.45, 7) is 0. The average molecular weight is 168 g/mol. The second-order valence-corrected chi connectivity index (χ2v) is 2.87. The molecule has 1 aromatic carbocycles. The second-order valence-electron chi connectivity index (χ2n) is 1.93. The van der Waals surface area contributed by atoms with E-state index in [0.29, 0.717) is 5.46 Å². The van der Waals surface area contributed by atoms with Gasteiger partial charge in [0.25, 0.3) is 0 Å². The van der Waals surface area contributed by atoms with Gasteiger partial charge in [-0.2, -0.15) is 0 Å². The van der Waals surface area contributed by atoms with E-state index in [1.165, 1.54) is 24.3 Å². The van der Waals surface area contributed by atoms with Gasteiger partial charge in [0.15, 0.2) is 0 Å². The molecule has 0 aromatic heterocycles. The van der Waals surface area contributed by atoms with Crippen molar-refractivity contribution in [3.8, 4) is 0 Å². The summed E-state index contributed by atoms with van der Waals surface area (Å²) in [6.07, 6.45) is 0. The first-order valence-electron chi connectivity index (χ1n) is 2.91. The predicted octanol–water partition coefficient (Wildman–Crippen LogP) is -0.839. The van der Waals surface area contributed by atoms with E-state index in [1.807, 2.05) is 0 Å². The highest BCUT2D eigenvalue weighted by Crippen LogP contribution is 1.99. The highest BCUT2D eigenvalue weighted by molar-refractivity contribution is 7.79. The molecule has 1 aromatic rings. The molecule has 0 heterocycles. The van der Waals surface area contributed by atoms with E-state index < -0.39 is 11.1 Å². The molecule has 0 fully saturated rings. The van der Waals surface area contributed by atoms with E-state index in [4.69, 9.17) is 5.02 Å². The van der Waals surface area contributed by atoms with E-state index in [2.05, 4.69) is 0 Å². The normalized spacial score (nSPS) is 12.5. The van der Waals surface area contributed by atoms with Crippen molar-refractivity contribution in [2.45, 2.75) is 4.90 Å². The van der Waals surface area contributed by atoms with Crippen LogP contribution < -0.4 is 5.46 Å². The van der Waals surface area contributed by atoms with Gasteiger partial charge in [0.05, 0.1) is 0 Å². The van der Waals surface area contributed by atoms with Crippen LogP contribution in [0.15, 0.2) is 29.2 Å². The third-order valence-electron chi connectivity index (χ3n) is 1.22. The van der Waals surface area contributed by atoms with Crippen molar-refractivity contribution in [1.29, 1.82) is 0 Å². The van der Waals surface area contributed by atoms with Crippen LogP contribution in [0.2, 0.25) is 0 Å². The summed E-state index contributed by atoms with van der Waals surface area (Å²) in [6, 6.07) is 5.88. The molecular formula is C6H5BO3S-. The molecule has 1 atom stereocenters. The Morgan fingerprint density at radius 3 is 2.27 bits per heavy atom. The zero-order chi connectivity index (χ0) is 8.27. The van der Waals surface area contributed by atoms with Crippen LogP contribution >= 0.6 is 0 Å². The fraction of sp³-hybridized carbons (Fsp3) is 0. The van der Waals surface area contributed by atoms with E-state index in [9.17, 15) is 8.76 Å². The van der Waals surface area contributed by atoms with Crippen molar-refractivity contribution < 1.29 is 13.8 Å². The standard InChI is InChI=1S/C6H6BO3S/c8-7-5-1-3-6(4-2-5)11(9)10/h1-4,8H,(H,9,10)/p-1. The molecule has 11 heavy (non-hydrogen) atoms. The maximum absolute atomic E-state index is 10.3. The zero-order valence-corrected chi connectivity index (χ0v) is 6.38. The van der Waals surface area contributed by atoms with Crippen LogP contribution in [0.25, 0.3) is 0 Å². The minimum atomic E-state index is -2.18. The Labute approximate surface area is 67.6 Å². The van der Waals surface area contributed by atoms with Crippen LogP contribution in [0.5, 0.6) is 0 Å². The fourth-order valence-corrected chi connectivity index (χ4v) is 1.02. The summed E-state index contributed by atoms with van der Waals surface area (Å²) in [5.74, 6) is 0. The van der Waals surface area contributed by atoms with Crippen LogP contribution in [-0.2, 0) is 11.1 Å². The maximum Gasteiger partial charge on any atom is 0.326 e. The van der Waals surface area contributed by atoms with Crippen molar-refractivity contribution in [3.05, 3.63) is 24.3 Å². The first-order chi connectivity index (χ1) is 5.24. The van der Waals surface area contributed by atoms with Gasteiger partial charge < -0.3 is 9.58 Å². The summed E-state index contributed by atoms with van der Waals surface area (Å²) in [4.78, 5) is 0.218. The summed E-state index contributed by atoms with van der Waals surface area (Å²) in [7, 11) is 0.914. The van der Waals surface area contributed by atoms with E-state index in [0.717, 1.165) is 7.48 Å². The number of hydrogen-bond acceptors (Lipinski definition) is 3. The SMILES string of the molecule is O=S([O-])c1ccc([B]O)cc1. The number of hydrogen-bond donors (Lipinski definition) is 1. The first kappa shape index (κ1) is 8.45. The molecule has 0 saturated heterocycles. The van der Waals surface area contributed by atoms with Crippen molar-refractivity contribution in [1.82, 2.24) is 0 Å². The zero-order valence-electron chi connectivity index (χ0n) is 5.56. The van der Waals surface area contributed by atoms with Gasteiger partial charge in [0.1, 0.15) is 0 Å². The van der Waals surface area contributed by atoms with E-state index in [-0.39, 0.29) is 4.90 Å². The predicted molar refractivity (Wildman–Crippen MR) is 41.2 cm³/mol. The van der Waals surface area contributed by atoms with Crippen LogP contribution in [0.1, 0.15) is 0 Å². The molecule has 0 amide bonds. The number of benzene rings is 1. The van der Waals surface area contributed by atoms with Crippen LogP contribution in [0, 0.1) is 0 Å². The van der Waals surface area contributed by atoms with Gasteiger partial charge in [-0.3, -0.25) is 4.21 Å². The molecular weight excluding hydrogens is 163 g/mol. The highest BCUT2D eigenvalue weighted by Gasteiger charge is 1.93. The molecule has 1 rings (SSSR count). The molecule has 0 aliphatic rings. The molecule has 57 valence electrons. The Hall–Kier alpha value is -0.645. The Bertz CT molecular complexity index is 259. The summed E-state index contributed by atoms with van der Waals surface area (Å²) in [5.41, 5.74) is 0.583. The van der Waals surface area contributed by atoms with Crippen molar-refractivity contribution >= 4 is 24.0 Å². The van der Waals surface area contributed by atoms with Gasteiger partial charge in [-0.05, 0) is 23.2 Å². The lowest BCUT2D eigenvalue weighted by Gasteiger charge is -2.03. The van der Waals surface area contributed by atoms with Crippen LogP contribution in [0.3, 0.4) is 0 Å². The Morgan fingerprint density at radius 2 is 1.91 bits per heavy atom. The molecule has 0 spiro atoms. The average Bonchev–Trinajstić information content (AvgIpc) is 2.05. The van der Waals surface area contributed by atoms with E-state index >= 15 is 0 Å². The minimum Gasteiger partial charge on any atom is -0.768 e. The quantitative estimate of drug-likeness (QED) is 0.462. The highest BCUT2D eigenvalue weighted by atomic mass is 32.2. The largest absolute Gasteiger partial charge is 0.768 e. The maximum atomic E-state index is 10.3. The number of rotatable bonds is 2. The van der Waals surface area contributed by atoms with Gasteiger partial charge in [-0.15, -0.1) is 0 Å². The third kappa shape index (κ3) is 2.15. The summed E-state index contributed by atoms with van der Waals surface area (Å²) < 4.78 is 20.7. The topological polar surface area (TPSA) is 60.4 Å². The molecule has 1 N–H and O–H groups in total. The minimum absolute atomic E-state index is 0.218. The van der Waals surface area contributed by atoms with Gasteiger partial charge in [-0.25, -0.2) is 0 Å². The molecule has 0 aliphatic heterocycles. The van der Waals surface area contributed by atoms with Crippen molar-refractivity contribution in [3.63, 3.8) is 0 Å². The molecule has 1 unspecified atom stereocenters. The summed E-state index contributed by atoms with van der Waals surface area (Å²) >= 11 is -2.18. The van der Waals surface area contributed by atoms with Crippen LogP contribution in [0.4, 0.5) is 0 Å². The third-order valence-corrected chi connectivity index (χ3v) is 1.88. The molecule has 1 radical (unpaired) electrons. The molecule has 0 aliphatic carbocycles. The Morgan fingerprint density at radius 1 is 1.36 bits per heavy atom. The lowest BCUT2D eigenvalue weighted by Crippen LogP contribution is -2.12. The first-order valence-corrected chi connectivity index (χ1v) is 3.98. The molecule has 3 nitrogen and oxygen atoms in total. The van der Waals surface area contributed by atoms with Gasteiger partial charge in [0, 0.05) is 4.90 Å². The van der Waals surface area contributed by atoms with Crippen molar-refractivity contribution in [2.24, 2.45) is 0 Å². The van der Waals surface area contributed by atoms with Gasteiger partial charge in [-0.1, -0.05) is 17.6 Å². The van der Waals surface area contributed by atoms with Gasteiger partial charge in [0.2, 0.25) is 0 Å². The Kier molecular flexibility index (Phi) is 2.81. The smallest absolute Gasteiger partial charge is 0.326 e. The lowest BCUT2D eigenvalue weighted by atomic mass is 9.89. The summed E-state index contributed by atoms with van der Waals surface area (Å²) in [5, 5.41) is 8.49. The molecule has 0 saturated carbocycles. The molecule has 0 bridgehead atoms. The van der Waals surface area contributed by atoms with Gasteiger partial charge >= 0.3 is 7.48 Å². The fourth-order valence-electron chi connectivity index (χ4n) is 0.665. The molecule has 5 heteroatoms. The second kappa shape index (κ2) is 3.66. The Balaban J connectivity index is 2.91.